The summed E-state index contributed by atoms with van der Waals surface area (Å²) in [7, 11) is 0. The predicted octanol–water partition coefficient (Wildman–Crippen LogP) is 5.31. The number of aliphatic hydroxyl groups excluding tert-OH is 1. The first-order chi connectivity index (χ1) is 16.0. The van der Waals surface area contributed by atoms with Crippen molar-refractivity contribution in [3.05, 3.63) is 45.3 Å². The van der Waals surface area contributed by atoms with Crippen molar-refractivity contribution in [2.24, 2.45) is 11.8 Å². The van der Waals surface area contributed by atoms with Crippen molar-refractivity contribution in [1.82, 2.24) is 14.9 Å². The van der Waals surface area contributed by atoms with Crippen LogP contribution in [0, 0.1) is 11.8 Å². The summed E-state index contributed by atoms with van der Waals surface area (Å²) in [6, 6.07) is 7.63. The number of hydrogen-bond donors (Lipinski definition) is 2. The number of likely N-dealkylation sites (tertiary alicyclic amines) is 1. The molecule has 9 heteroatoms. The average molecular weight is 507 g/mol. The number of anilines is 2. The fourth-order valence-electron chi connectivity index (χ4n) is 5.02. The highest BCUT2D eigenvalue weighted by molar-refractivity contribution is 7.17. The van der Waals surface area contributed by atoms with Crippen LogP contribution in [-0.4, -0.2) is 59.3 Å². The average Bonchev–Trinajstić information content (AvgIpc) is 3.22. The van der Waals surface area contributed by atoms with Gasteiger partial charge in [-0.25, -0.2) is 4.98 Å². The normalized spacial score (nSPS) is 20.7. The number of hydrogen-bond acceptors (Lipinski definition) is 7. The van der Waals surface area contributed by atoms with Gasteiger partial charge in [0.2, 0.25) is 5.95 Å². The predicted molar refractivity (Wildman–Crippen MR) is 138 cm³/mol. The van der Waals surface area contributed by atoms with E-state index in [1.165, 1.54) is 12.8 Å². The number of nitrogens with zero attached hydrogens (tertiary/aromatic N) is 4. The number of rotatable bonds is 7. The zero-order valence-corrected chi connectivity index (χ0v) is 21.0. The number of halogens is 2. The Hall–Kier alpha value is -1.64. The summed E-state index contributed by atoms with van der Waals surface area (Å²) in [5.74, 6) is 2.99. The van der Waals surface area contributed by atoms with E-state index in [1.807, 2.05) is 12.1 Å². The molecule has 2 aromatic heterocycles. The van der Waals surface area contributed by atoms with E-state index in [9.17, 15) is 5.11 Å². The van der Waals surface area contributed by atoms with Crippen LogP contribution in [0.2, 0.25) is 10.0 Å². The summed E-state index contributed by atoms with van der Waals surface area (Å²) >= 11 is 14.2. The van der Waals surface area contributed by atoms with Gasteiger partial charge >= 0.3 is 0 Å². The molecule has 2 atom stereocenters. The van der Waals surface area contributed by atoms with Gasteiger partial charge in [-0.3, -0.25) is 0 Å². The molecule has 1 aromatic carbocycles. The lowest BCUT2D eigenvalue weighted by atomic mass is 9.81. The summed E-state index contributed by atoms with van der Waals surface area (Å²) in [5.41, 5.74) is 1.96. The molecule has 33 heavy (non-hydrogen) atoms. The molecule has 6 nitrogen and oxygen atoms in total. The van der Waals surface area contributed by atoms with Crippen LogP contribution >= 0.6 is 34.5 Å². The Labute approximate surface area is 208 Å². The molecule has 0 saturated carbocycles. The van der Waals surface area contributed by atoms with Gasteiger partial charge in [0.1, 0.15) is 5.82 Å². The van der Waals surface area contributed by atoms with Crippen LogP contribution in [-0.2, 0) is 0 Å². The molecule has 2 aliphatic heterocycles. The lowest BCUT2D eigenvalue weighted by Crippen LogP contribution is -2.54. The van der Waals surface area contributed by atoms with Crippen LogP contribution < -0.4 is 10.2 Å². The highest BCUT2D eigenvalue weighted by atomic mass is 35.5. The second-order valence-electron chi connectivity index (χ2n) is 9.13. The summed E-state index contributed by atoms with van der Waals surface area (Å²) in [5, 5.41) is 16.2. The van der Waals surface area contributed by atoms with E-state index in [2.05, 4.69) is 33.5 Å². The molecule has 0 radical (unpaired) electrons. The summed E-state index contributed by atoms with van der Waals surface area (Å²) < 4.78 is 1.06. The molecule has 0 spiro atoms. The van der Waals surface area contributed by atoms with E-state index >= 15 is 0 Å². The van der Waals surface area contributed by atoms with E-state index in [0.29, 0.717) is 21.9 Å². The van der Waals surface area contributed by atoms with Gasteiger partial charge in [0.05, 0.1) is 22.9 Å². The van der Waals surface area contributed by atoms with Gasteiger partial charge < -0.3 is 20.2 Å². The SMILES string of the molecule is C[C@@H](Nc1nc(N2CC([C@H]3CCCN(CCO)C3)C2)nc2ccsc12)c1ccc(Cl)cc1Cl. The third-order valence-electron chi connectivity index (χ3n) is 6.89. The Morgan fingerprint density at radius 1 is 1.18 bits per heavy atom. The second kappa shape index (κ2) is 9.92. The lowest BCUT2D eigenvalue weighted by Gasteiger charge is -2.46. The van der Waals surface area contributed by atoms with Gasteiger partial charge in [-0.1, -0.05) is 29.3 Å². The highest BCUT2D eigenvalue weighted by Crippen LogP contribution is 2.36. The fourth-order valence-corrected chi connectivity index (χ4v) is 6.38. The van der Waals surface area contributed by atoms with Gasteiger partial charge in [-0.05, 0) is 67.3 Å². The van der Waals surface area contributed by atoms with Crippen LogP contribution in [0.15, 0.2) is 29.6 Å². The van der Waals surface area contributed by atoms with Gasteiger partial charge in [0.15, 0.2) is 0 Å². The van der Waals surface area contributed by atoms with Crippen molar-refractivity contribution < 1.29 is 5.11 Å². The largest absolute Gasteiger partial charge is 0.395 e. The Kier molecular flexibility index (Phi) is 6.95. The first-order valence-electron chi connectivity index (χ1n) is 11.6. The van der Waals surface area contributed by atoms with Gasteiger partial charge in [-0.15, -0.1) is 11.3 Å². The molecule has 4 heterocycles. The van der Waals surface area contributed by atoms with Gasteiger partial charge in [-0.2, -0.15) is 4.98 Å². The maximum Gasteiger partial charge on any atom is 0.227 e. The number of piperidine rings is 1. The Balaban J connectivity index is 1.30. The van der Waals surface area contributed by atoms with Gasteiger partial charge in [0.25, 0.3) is 0 Å². The minimum absolute atomic E-state index is 0.0216. The Bertz CT molecular complexity index is 1120. The van der Waals surface area contributed by atoms with Crippen molar-refractivity contribution in [2.75, 3.05) is 49.5 Å². The minimum Gasteiger partial charge on any atom is -0.395 e. The molecule has 2 saturated heterocycles. The molecular formula is C24H29Cl2N5OS. The molecule has 0 amide bonds. The van der Waals surface area contributed by atoms with Crippen molar-refractivity contribution in [3.63, 3.8) is 0 Å². The molecular weight excluding hydrogens is 477 g/mol. The monoisotopic (exact) mass is 505 g/mol. The number of benzene rings is 1. The molecule has 2 aliphatic rings. The number of thiophene rings is 1. The van der Waals surface area contributed by atoms with Crippen molar-refractivity contribution in [3.8, 4) is 0 Å². The summed E-state index contributed by atoms with van der Waals surface area (Å²) in [6.07, 6.45) is 2.49. The number of β-amino-alcohol motifs (C(OH)–C–C–N with tert-alkyl or cyclic N) is 1. The van der Waals surface area contributed by atoms with E-state index in [-0.39, 0.29) is 12.6 Å². The first-order valence-corrected chi connectivity index (χ1v) is 13.2. The first kappa shape index (κ1) is 23.1. The molecule has 3 aromatic rings. The molecule has 2 N–H and O–H groups in total. The van der Waals surface area contributed by atoms with Crippen LogP contribution in [0.4, 0.5) is 11.8 Å². The second-order valence-corrected chi connectivity index (χ2v) is 10.9. The maximum atomic E-state index is 9.28. The zero-order chi connectivity index (χ0) is 22.9. The molecule has 0 aliphatic carbocycles. The highest BCUT2D eigenvalue weighted by Gasteiger charge is 2.37. The van der Waals surface area contributed by atoms with E-state index in [4.69, 9.17) is 33.2 Å². The van der Waals surface area contributed by atoms with Crippen LogP contribution in [0.5, 0.6) is 0 Å². The topological polar surface area (TPSA) is 64.5 Å². The molecule has 0 bridgehead atoms. The minimum atomic E-state index is -0.0216. The zero-order valence-electron chi connectivity index (χ0n) is 18.7. The van der Waals surface area contributed by atoms with Gasteiger partial charge in [0, 0.05) is 36.2 Å². The molecule has 0 unspecified atom stereocenters. The Morgan fingerprint density at radius 3 is 2.82 bits per heavy atom. The molecule has 5 rings (SSSR count). The number of nitrogens with one attached hydrogen (secondary N) is 1. The standard InChI is InChI=1S/C24H29Cl2N5OS/c1-15(19-5-4-18(25)11-20(19)26)27-23-22-21(6-10-33-22)28-24(29-23)31-13-17(14-31)16-3-2-7-30(12-16)8-9-32/h4-6,10-11,15-17,32H,2-3,7-9,12-14H2,1H3,(H,27,28,29)/t15-,16+/m1/s1. The van der Waals surface area contributed by atoms with Crippen LogP contribution in [0.25, 0.3) is 10.2 Å². The smallest absolute Gasteiger partial charge is 0.227 e. The summed E-state index contributed by atoms with van der Waals surface area (Å²) in [4.78, 5) is 14.5. The third kappa shape index (κ3) is 4.93. The quantitative estimate of drug-likeness (QED) is 0.453. The third-order valence-corrected chi connectivity index (χ3v) is 8.36. The number of aromatic nitrogens is 2. The Morgan fingerprint density at radius 2 is 2.03 bits per heavy atom. The maximum absolute atomic E-state index is 9.28. The fraction of sp³-hybridized carbons (Fsp3) is 0.500. The number of fused-ring (bicyclic) bond motifs is 1. The summed E-state index contributed by atoms with van der Waals surface area (Å²) in [6.45, 7) is 7.29. The number of aliphatic hydroxyl groups is 1. The van der Waals surface area contributed by atoms with Crippen LogP contribution in [0.3, 0.4) is 0 Å². The van der Waals surface area contributed by atoms with Crippen LogP contribution in [0.1, 0.15) is 31.4 Å². The lowest BCUT2D eigenvalue weighted by molar-refractivity contribution is 0.101. The van der Waals surface area contributed by atoms with E-state index < -0.39 is 0 Å². The van der Waals surface area contributed by atoms with E-state index in [0.717, 1.165) is 60.3 Å². The van der Waals surface area contributed by atoms with E-state index in [1.54, 1.807) is 17.4 Å². The van der Waals surface area contributed by atoms with Crippen molar-refractivity contribution >= 4 is 56.5 Å². The molecule has 2 fully saturated rings. The molecule has 176 valence electrons. The van der Waals surface area contributed by atoms with Crippen molar-refractivity contribution in [2.45, 2.75) is 25.8 Å². The van der Waals surface area contributed by atoms with Crippen molar-refractivity contribution in [1.29, 1.82) is 0 Å².